The minimum atomic E-state index is -2.77. The minimum absolute atomic E-state index is 0.0186. The minimum Gasteiger partial charge on any atom is -0.495 e. The van der Waals surface area contributed by atoms with E-state index in [9.17, 15) is 13.6 Å². The maximum Gasteiger partial charge on any atom is 0.281 e. The van der Waals surface area contributed by atoms with Crippen molar-refractivity contribution < 1.29 is 13.5 Å². The highest BCUT2D eigenvalue weighted by Gasteiger charge is 2.16. The van der Waals surface area contributed by atoms with Gasteiger partial charge in [-0.05, 0) is 6.07 Å². The molecule has 1 heterocycles. The van der Waals surface area contributed by atoms with Gasteiger partial charge in [-0.2, -0.15) is 0 Å². The largest absolute Gasteiger partial charge is 0.495 e. The molecule has 0 spiro atoms. The first-order chi connectivity index (χ1) is 6.60. The highest BCUT2D eigenvalue weighted by Crippen LogP contribution is 2.25. The Hall–Kier alpha value is -1.43. The molecule has 0 bridgehead atoms. The van der Waals surface area contributed by atoms with Crippen molar-refractivity contribution in [2.45, 2.75) is 13.0 Å². The fraction of sp³-hybridized carbons (Fsp3) is 0.375. The van der Waals surface area contributed by atoms with Crippen molar-refractivity contribution in [1.82, 2.24) is 4.98 Å². The molecule has 0 radical (unpaired) electrons. The Labute approximate surface area is 78.7 Å². The number of aromatic nitrogens is 1. The molecular formula is C8H10F2N2O2. The number of aromatic amines is 1. The lowest BCUT2D eigenvalue weighted by atomic mass is 10.2. The standard InChI is InChI=1S/C8H10F2N2O2/c1-14-5-2-4(3-11)8(13)12-6(5)7(9)10/h2,7H,3,11H2,1H3,(H,12,13). The zero-order chi connectivity index (χ0) is 10.7. The Balaban J connectivity index is 3.32. The van der Waals surface area contributed by atoms with E-state index < -0.39 is 17.7 Å². The summed E-state index contributed by atoms with van der Waals surface area (Å²) in [4.78, 5) is 13.2. The van der Waals surface area contributed by atoms with Gasteiger partial charge in [0.2, 0.25) is 0 Å². The van der Waals surface area contributed by atoms with Gasteiger partial charge < -0.3 is 15.5 Å². The van der Waals surface area contributed by atoms with Crippen LogP contribution in [0.5, 0.6) is 5.75 Å². The van der Waals surface area contributed by atoms with E-state index in [1.165, 1.54) is 13.2 Å². The van der Waals surface area contributed by atoms with Gasteiger partial charge in [0.15, 0.2) is 0 Å². The molecule has 78 valence electrons. The molecule has 1 rings (SSSR count). The summed E-state index contributed by atoms with van der Waals surface area (Å²) in [7, 11) is 1.25. The molecule has 1 aromatic heterocycles. The van der Waals surface area contributed by atoms with E-state index >= 15 is 0 Å². The number of halogens is 2. The van der Waals surface area contributed by atoms with E-state index in [2.05, 4.69) is 0 Å². The third kappa shape index (κ3) is 1.90. The van der Waals surface area contributed by atoms with Crippen molar-refractivity contribution >= 4 is 0 Å². The van der Waals surface area contributed by atoms with Crippen molar-refractivity contribution in [3.8, 4) is 5.75 Å². The number of ether oxygens (including phenoxy) is 1. The van der Waals surface area contributed by atoms with Gasteiger partial charge in [-0.25, -0.2) is 8.78 Å². The third-order valence-corrected chi connectivity index (χ3v) is 1.77. The summed E-state index contributed by atoms with van der Waals surface area (Å²) in [6.45, 7) is -0.0186. The van der Waals surface area contributed by atoms with E-state index in [0.29, 0.717) is 0 Å². The van der Waals surface area contributed by atoms with Gasteiger partial charge in [0.1, 0.15) is 11.4 Å². The van der Waals surface area contributed by atoms with Crippen LogP contribution in [0, 0.1) is 0 Å². The van der Waals surface area contributed by atoms with Gasteiger partial charge in [-0.15, -0.1) is 0 Å². The number of nitrogens with one attached hydrogen (secondary N) is 1. The Morgan fingerprint density at radius 2 is 2.29 bits per heavy atom. The van der Waals surface area contributed by atoms with Crippen LogP contribution in [0.25, 0.3) is 0 Å². The fourth-order valence-electron chi connectivity index (χ4n) is 1.05. The van der Waals surface area contributed by atoms with Gasteiger partial charge in [0.25, 0.3) is 12.0 Å². The van der Waals surface area contributed by atoms with Crippen molar-refractivity contribution in [3.05, 3.63) is 27.7 Å². The predicted molar refractivity (Wildman–Crippen MR) is 46.5 cm³/mol. The number of nitrogens with two attached hydrogens (primary N) is 1. The Kier molecular flexibility index (Phi) is 3.19. The van der Waals surface area contributed by atoms with Gasteiger partial charge in [0, 0.05) is 12.1 Å². The molecule has 0 aliphatic carbocycles. The third-order valence-electron chi connectivity index (χ3n) is 1.77. The highest BCUT2D eigenvalue weighted by molar-refractivity contribution is 5.32. The smallest absolute Gasteiger partial charge is 0.281 e. The molecule has 0 fully saturated rings. The monoisotopic (exact) mass is 204 g/mol. The fourth-order valence-corrected chi connectivity index (χ4v) is 1.05. The summed E-state index contributed by atoms with van der Waals surface area (Å²) >= 11 is 0. The average molecular weight is 204 g/mol. The van der Waals surface area contributed by atoms with Crippen molar-refractivity contribution in [2.75, 3.05) is 7.11 Å². The van der Waals surface area contributed by atoms with Crippen LogP contribution >= 0.6 is 0 Å². The van der Waals surface area contributed by atoms with E-state index in [4.69, 9.17) is 10.5 Å². The first kappa shape index (κ1) is 10.6. The maximum atomic E-state index is 12.3. The summed E-state index contributed by atoms with van der Waals surface area (Å²) in [5, 5.41) is 0. The van der Waals surface area contributed by atoms with Crippen LogP contribution in [-0.4, -0.2) is 12.1 Å². The zero-order valence-corrected chi connectivity index (χ0v) is 7.51. The molecule has 6 heteroatoms. The number of hydrogen-bond acceptors (Lipinski definition) is 3. The van der Waals surface area contributed by atoms with Crippen LogP contribution in [0.1, 0.15) is 17.7 Å². The summed E-state index contributed by atoms with van der Waals surface area (Å²) in [6, 6.07) is 1.22. The van der Waals surface area contributed by atoms with Crippen molar-refractivity contribution in [1.29, 1.82) is 0 Å². The molecule has 1 aromatic rings. The normalized spacial score (nSPS) is 10.6. The predicted octanol–water partition coefficient (Wildman–Crippen LogP) is 0.780. The molecular weight excluding hydrogens is 194 g/mol. The molecule has 14 heavy (non-hydrogen) atoms. The first-order valence-corrected chi connectivity index (χ1v) is 3.88. The lowest BCUT2D eigenvalue weighted by molar-refractivity contribution is 0.141. The second-order valence-electron chi connectivity index (χ2n) is 2.61. The maximum absolute atomic E-state index is 12.3. The number of methoxy groups -OCH3 is 1. The van der Waals surface area contributed by atoms with Gasteiger partial charge in [0.05, 0.1) is 7.11 Å². The molecule has 0 amide bonds. The molecule has 0 aliphatic rings. The molecule has 0 aliphatic heterocycles. The van der Waals surface area contributed by atoms with Gasteiger partial charge in [-0.1, -0.05) is 0 Å². The molecule has 4 nitrogen and oxygen atoms in total. The topological polar surface area (TPSA) is 68.1 Å². The van der Waals surface area contributed by atoms with Crippen LogP contribution in [-0.2, 0) is 6.54 Å². The van der Waals surface area contributed by atoms with Crippen LogP contribution in [0.4, 0.5) is 8.78 Å². The summed E-state index contributed by atoms with van der Waals surface area (Å²) in [5.41, 5.74) is 4.32. The van der Waals surface area contributed by atoms with E-state index in [1.54, 1.807) is 0 Å². The Morgan fingerprint density at radius 3 is 2.71 bits per heavy atom. The molecule has 0 saturated heterocycles. The molecule has 0 aromatic carbocycles. The van der Waals surface area contributed by atoms with Crippen LogP contribution in [0.2, 0.25) is 0 Å². The van der Waals surface area contributed by atoms with E-state index in [1.807, 2.05) is 4.98 Å². The SMILES string of the molecule is COc1cc(CN)c(=O)[nH]c1C(F)F. The molecule has 0 atom stereocenters. The number of pyridine rings is 1. The summed E-state index contributed by atoms with van der Waals surface area (Å²) in [6.07, 6.45) is -2.77. The van der Waals surface area contributed by atoms with Gasteiger partial charge in [-0.3, -0.25) is 4.79 Å². The van der Waals surface area contributed by atoms with Gasteiger partial charge >= 0.3 is 0 Å². The Bertz CT molecular complexity index is 376. The molecule has 0 saturated carbocycles. The first-order valence-electron chi connectivity index (χ1n) is 3.88. The van der Waals surface area contributed by atoms with Crippen molar-refractivity contribution in [2.24, 2.45) is 5.73 Å². The second kappa shape index (κ2) is 4.19. The van der Waals surface area contributed by atoms with Crippen LogP contribution in [0.15, 0.2) is 10.9 Å². The lowest BCUT2D eigenvalue weighted by Crippen LogP contribution is -2.18. The number of rotatable bonds is 3. The quantitative estimate of drug-likeness (QED) is 0.764. The van der Waals surface area contributed by atoms with Crippen LogP contribution in [0.3, 0.4) is 0 Å². The van der Waals surface area contributed by atoms with Crippen molar-refractivity contribution in [3.63, 3.8) is 0 Å². The number of hydrogen-bond donors (Lipinski definition) is 2. The zero-order valence-electron chi connectivity index (χ0n) is 7.51. The van der Waals surface area contributed by atoms with E-state index in [-0.39, 0.29) is 17.9 Å². The molecule has 0 unspecified atom stereocenters. The number of H-pyrrole nitrogens is 1. The van der Waals surface area contributed by atoms with Crippen LogP contribution < -0.4 is 16.0 Å². The highest BCUT2D eigenvalue weighted by atomic mass is 19.3. The summed E-state index contributed by atoms with van der Waals surface area (Å²) < 4.78 is 29.4. The summed E-state index contributed by atoms with van der Waals surface area (Å²) in [5.74, 6) is -0.0555. The second-order valence-corrected chi connectivity index (χ2v) is 2.61. The number of alkyl halides is 2. The lowest BCUT2D eigenvalue weighted by Gasteiger charge is -2.08. The van der Waals surface area contributed by atoms with E-state index in [0.717, 1.165) is 0 Å². The average Bonchev–Trinajstić information content (AvgIpc) is 2.17. The Morgan fingerprint density at radius 1 is 1.64 bits per heavy atom. The molecule has 3 N–H and O–H groups in total.